The van der Waals surface area contributed by atoms with Gasteiger partial charge in [0, 0.05) is 43.5 Å². The molecule has 2 fully saturated rings. The Morgan fingerprint density at radius 1 is 1.48 bits per heavy atom. The van der Waals surface area contributed by atoms with Gasteiger partial charge in [0.25, 0.3) is 0 Å². The second kappa shape index (κ2) is 5.75. The summed E-state index contributed by atoms with van der Waals surface area (Å²) in [6.45, 7) is 5.00. The third-order valence-corrected chi connectivity index (χ3v) is 4.69. The number of nitrogens with one attached hydrogen (secondary N) is 2. The molecule has 2 aromatic heterocycles. The van der Waals surface area contributed by atoms with Crippen LogP contribution in [0.3, 0.4) is 0 Å². The molecule has 0 amide bonds. The summed E-state index contributed by atoms with van der Waals surface area (Å²) in [6, 6.07) is 4.78. The van der Waals surface area contributed by atoms with E-state index in [1.807, 2.05) is 18.5 Å². The molecule has 2 aliphatic rings. The number of hydrogen-bond acceptors (Lipinski definition) is 4. The van der Waals surface area contributed by atoms with Gasteiger partial charge in [-0.05, 0) is 37.1 Å². The molecule has 112 valence electrons. The van der Waals surface area contributed by atoms with Gasteiger partial charge in [0.15, 0.2) is 0 Å². The summed E-state index contributed by atoms with van der Waals surface area (Å²) in [6.07, 6.45) is 6.82. The Bertz CT molecular complexity index is 611. The van der Waals surface area contributed by atoms with E-state index in [9.17, 15) is 0 Å². The number of hydrogen-bond donors (Lipinski definition) is 2. The van der Waals surface area contributed by atoms with E-state index < -0.39 is 0 Å². The minimum atomic E-state index is 0.322. The van der Waals surface area contributed by atoms with Crippen LogP contribution in [0, 0.1) is 0 Å². The normalized spacial score (nSPS) is 26.3. The van der Waals surface area contributed by atoms with Gasteiger partial charge in [0.2, 0.25) is 0 Å². The monoisotopic (exact) mass is 286 g/mol. The molecule has 0 aromatic carbocycles. The van der Waals surface area contributed by atoms with Crippen molar-refractivity contribution in [2.45, 2.75) is 31.5 Å². The Morgan fingerprint density at radius 2 is 2.48 bits per heavy atom. The SMILES string of the molecule is c1cnc2[nH]cc(CNCC3CN4CCCC4CO3)c2c1. The molecule has 2 unspecified atom stereocenters. The predicted octanol–water partition coefficient (Wildman–Crippen LogP) is 1.52. The fourth-order valence-corrected chi connectivity index (χ4v) is 3.54. The molecule has 2 atom stereocenters. The van der Waals surface area contributed by atoms with E-state index in [1.54, 1.807) is 0 Å². The highest BCUT2D eigenvalue weighted by molar-refractivity contribution is 5.79. The average Bonchev–Trinajstić information content (AvgIpc) is 3.14. The predicted molar refractivity (Wildman–Crippen MR) is 82.1 cm³/mol. The van der Waals surface area contributed by atoms with Gasteiger partial charge in [0.1, 0.15) is 5.65 Å². The van der Waals surface area contributed by atoms with Crippen LogP contribution < -0.4 is 5.32 Å². The second-order valence-electron chi connectivity index (χ2n) is 6.09. The van der Waals surface area contributed by atoms with Crippen LogP contribution in [-0.2, 0) is 11.3 Å². The highest BCUT2D eigenvalue weighted by Gasteiger charge is 2.31. The van der Waals surface area contributed by atoms with Crippen LogP contribution in [-0.4, -0.2) is 53.3 Å². The van der Waals surface area contributed by atoms with Gasteiger partial charge >= 0.3 is 0 Å². The lowest BCUT2D eigenvalue weighted by Gasteiger charge is -2.35. The third kappa shape index (κ3) is 2.69. The molecule has 21 heavy (non-hydrogen) atoms. The van der Waals surface area contributed by atoms with E-state index in [-0.39, 0.29) is 0 Å². The van der Waals surface area contributed by atoms with Crippen molar-refractivity contribution in [3.63, 3.8) is 0 Å². The number of ether oxygens (including phenoxy) is 1. The van der Waals surface area contributed by atoms with Crippen molar-refractivity contribution in [1.29, 1.82) is 0 Å². The maximum Gasteiger partial charge on any atom is 0.137 e. The second-order valence-corrected chi connectivity index (χ2v) is 6.09. The highest BCUT2D eigenvalue weighted by Crippen LogP contribution is 2.22. The van der Waals surface area contributed by atoms with Crippen molar-refractivity contribution in [1.82, 2.24) is 20.2 Å². The molecular formula is C16H22N4O. The molecule has 2 aromatic rings. The number of aromatic amines is 1. The Morgan fingerprint density at radius 3 is 3.48 bits per heavy atom. The minimum Gasteiger partial charge on any atom is -0.374 e. The molecule has 0 spiro atoms. The Labute approximate surface area is 124 Å². The molecule has 2 N–H and O–H groups in total. The zero-order valence-electron chi connectivity index (χ0n) is 12.2. The van der Waals surface area contributed by atoms with Crippen molar-refractivity contribution in [3.05, 3.63) is 30.1 Å². The zero-order valence-corrected chi connectivity index (χ0v) is 12.2. The molecule has 0 bridgehead atoms. The number of fused-ring (bicyclic) bond motifs is 2. The van der Waals surface area contributed by atoms with E-state index in [2.05, 4.69) is 26.3 Å². The van der Waals surface area contributed by atoms with Crippen LogP contribution in [0.15, 0.2) is 24.5 Å². The number of rotatable bonds is 4. The lowest BCUT2D eigenvalue weighted by atomic mass is 10.2. The summed E-state index contributed by atoms with van der Waals surface area (Å²) in [7, 11) is 0. The molecule has 5 nitrogen and oxygen atoms in total. The van der Waals surface area contributed by atoms with Crippen LogP contribution in [0.5, 0.6) is 0 Å². The lowest BCUT2D eigenvalue weighted by Crippen LogP contribution is -2.49. The van der Waals surface area contributed by atoms with Crippen molar-refractivity contribution >= 4 is 11.0 Å². The van der Waals surface area contributed by atoms with E-state index in [0.717, 1.165) is 31.9 Å². The molecule has 4 heterocycles. The van der Waals surface area contributed by atoms with Gasteiger partial charge in [-0.15, -0.1) is 0 Å². The topological polar surface area (TPSA) is 53.2 Å². The van der Waals surface area contributed by atoms with Gasteiger partial charge in [0.05, 0.1) is 12.7 Å². The van der Waals surface area contributed by atoms with Gasteiger partial charge in [-0.25, -0.2) is 4.98 Å². The highest BCUT2D eigenvalue weighted by atomic mass is 16.5. The average molecular weight is 286 g/mol. The molecule has 2 aliphatic heterocycles. The summed E-state index contributed by atoms with van der Waals surface area (Å²) < 4.78 is 5.97. The summed E-state index contributed by atoms with van der Waals surface area (Å²) in [4.78, 5) is 10.1. The molecular weight excluding hydrogens is 264 g/mol. The number of pyridine rings is 1. The molecule has 0 radical (unpaired) electrons. The lowest BCUT2D eigenvalue weighted by molar-refractivity contribution is -0.0470. The van der Waals surface area contributed by atoms with Crippen LogP contribution in [0.2, 0.25) is 0 Å². The van der Waals surface area contributed by atoms with Crippen molar-refractivity contribution in [2.75, 3.05) is 26.2 Å². The molecule has 5 heteroatoms. The first kappa shape index (κ1) is 13.2. The van der Waals surface area contributed by atoms with Crippen LogP contribution in [0.1, 0.15) is 18.4 Å². The van der Waals surface area contributed by atoms with Crippen LogP contribution in [0.25, 0.3) is 11.0 Å². The number of H-pyrrole nitrogens is 1. The van der Waals surface area contributed by atoms with Crippen molar-refractivity contribution in [3.8, 4) is 0 Å². The fourth-order valence-electron chi connectivity index (χ4n) is 3.54. The standard InChI is InChI=1S/C16H22N4O/c1-4-15-12(8-19-16(15)18-5-1)7-17-9-14-10-20-6-2-3-13(20)11-21-14/h1,4-5,8,13-14,17H,2-3,6-7,9-11H2,(H,18,19). The summed E-state index contributed by atoms with van der Waals surface area (Å²) in [5.41, 5.74) is 2.23. The van der Waals surface area contributed by atoms with E-state index in [0.29, 0.717) is 12.1 Å². The fraction of sp³-hybridized carbons (Fsp3) is 0.562. The number of nitrogens with zero attached hydrogens (tertiary/aromatic N) is 2. The molecule has 4 rings (SSSR count). The summed E-state index contributed by atoms with van der Waals surface area (Å²) in [5, 5.41) is 4.73. The maximum absolute atomic E-state index is 5.97. The first-order chi connectivity index (χ1) is 10.4. The number of morpholine rings is 1. The first-order valence-corrected chi connectivity index (χ1v) is 7.87. The summed E-state index contributed by atoms with van der Waals surface area (Å²) in [5.74, 6) is 0. The van der Waals surface area contributed by atoms with Crippen molar-refractivity contribution < 1.29 is 4.74 Å². The van der Waals surface area contributed by atoms with E-state index in [1.165, 1.54) is 30.3 Å². The number of aromatic nitrogens is 2. The third-order valence-electron chi connectivity index (χ3n) is 4.69. The van der Waals surface area contributed by atoms with Crippen LogP contribution in [0.4, 0.5) is 0 Å². The minimum absolute atomic E-state index is 0.322. The van der Waals surface area contributed by atoms with Crippen molar-refractivity contribution in [2.24, 2.45) is 0 Å². The van der Waals surface area contributed by atoms with Crippen LogP contribution >= 0.6 is 0 Å². The quantitative estimate of drug-likeness (QED) is 0.895. The Balaban J connectivity index is 1.31. The smallest absolute Gasteiger partial charge is 0.137 e. The largest absolute Gasteiger partial charge is 0.374 e. The first-order valence-electron chi connectivity index (χ1n) is 7.87. The summed E-state index contributed by atoms with van der Waals surface area (Å²) >= 11 is 0. The maximum atomic E-state index is 5.97. The van der Waals surface area contributed by atoms with E-state index >= 15 is 0 Å². The van der Waals surface area contributed by atoms with E-state index in [4.69, 9.17) is 4.74 Å². The van der Waals surface area contributed by atoms with Gasteiger partial charge in [-0.3, -0.25) is 4.90 Å². The van der Waals surface area contributed by atoms with Gasteiger partial charge < -0.3 is 15.0 Å². The van der Waals surface area contributed by atoms with Gasteiger partial charge in [-0.2, -0.15) is 0 Å². The zero-order chi connectivity index (χ0) is 14.1. The Hall–Kier alpha value is -1.43. The molecule has 0 saturated carbocycles. The van der Waals surface area contributed by atoms with Gasteiger partial charge in [-0.1, -0.05) is 0 Å². The molecule has 2 saturated heterocycles. The Kier molecular flexibility index (Phi) is 3.63. The molecule has 0 aliphatic carbocycles.